The fourth-order valence-electron chi connectivity index (χ4n) is 1.85. The second kappa shape index (κ2) is 3.88. The Balaban J connectivity index is 2.22. The summed E-state index contributed by atoms with van der Waals surface area (Å²) in [6.07, 6.45) is 1.68. The van der Waals surface area contributed by atoms with Crippen LogP contribution in [0.25, 0.3) is 0 Å². The van der Waals surface area contributed by atoms with Gasteiger partial charge in [-0.25, -0.2) is 0 Å². The molecule has 0 unspecified atom stereocenters. The van der Waals surface area contributed by atoms with E-state index in [-0.39, 0.29) is 0 Å². The summed E-state index contributed by atoms with van der Waals surface area (Å²) in [5.74, 6) is 0. The van der Waals surface area contributed by atoms with Crippen molar-refractivity contribution >= 4 is 12.4 Å². The summed E-state index contributed by atoms with van der Waals surface area (Å²) < 4.78 is 12.6. The third kappa shape index (κ3) is 1.92. The van der Waals surface area contributed by atoms with Crippen LogP contribution in [0.15, 0.2) is 30.3 Å². The zero-order valence-corrected chi connectivity index (χ0v) is 9.41. The van der Waals surface area contributed by atoms with Crippen LogP contribution in [0.5, 0.6) is 0 Å². The Morgan fingerprint density at radius 2 is 1.71 bits per heavy atom. The van der Waals surface area contributed by atoms with Crippen molar-refractivity contribution in [2.24, 2.45) is 0 Å². The molecule has 14 heavy (non-hydrogen) atoms. The average Bonchev–Trinajstić information content (AvgIpc) is 2.24. The molecule has 3 heteroatoms. The Labute approximate surface area is 85.3 Å². The first kappa shape index (κ1) is 9.95. The Kier molecular flexibility index (Phi) is 2.76. The maximum Gasteiger partial charge on any atom is 0.118 e. The first-order valence-electron chi connectivity index (χ1n) is 5.03. The molecule has 0 aromatic heterocycles. The van der Waals surface area contributed by atoms with Crippen LogP contribution in [0.3, 0.4) is 0 Å². The lowest BCUT2D eigenvalue weighted by atomic mass is 10.4. The first-order chi connectivity index (χ1) is 6.71. The van der Waals surface area contributed by atoms with Crippen LogP contribution in [-0.2, 0) is 4.57 Å². The molecular weight excluding hydrogens is 193 g/mol. The Morgan fingerprint density at radius 3 is 2.29 bits per heavy atom. The van der Waals surface area contributed by atoms with E-state index in [1.54, 1.807) is 0 Å². The van der Waals surface area contributed by atoms with E-state index in [4.69, 9.17) is 0 Å². The minimum Gasteiger partial charge on any atom is -0.319 e. The topological polar surface area (TPSA) is 20.3 Å². The Bertz CT molecular complexity index is 338. The van der Waals surface area contributed by atoms with Gasteiger partial charge in [-0.3, -0.25) is 0 Å². The molecule has 0 radical (unpaired) electrons. The van der Waals surface area contributed by atoms with E-state index in [9.17, 15) is 4.57 Å². The van der Waals surface area contributed by atoms with E-state index in [0.717, 1.165) is 30.7 Å². The molecule has 2 nitrogen and oxygen atoms in total. The van der Waals surface area contributed by atoms with Gasteiger partial charge in [0.1, 0.15) is 7.14 Å². The predicted octanol–water partition coefficient (Wildman–Crippen LogP) is 1.62. The number of benzene rings is 1. The van der Waals surface area contributed by atoms with Crippen molar-refractivity contribution in [3.8, 4) is 0 Å². The van der Waals surface area contributed by atoms with Crippen LogP contribution in [0.2, 0.25) is 0 Å². The maximum atomic E-state index is 12.6. The molecular formula is C11H16NOP. The number of rotatable bonds is 1. The van der Waals surface area contributed by atoms with Crippen molar-refractivity contribution in [2.75, 3.05) is 32.5 Å². The van der Waals surface area contributed by atoms with Gasteiger partial charge < -0.3 is 9.46 Å². The van der Waals surface area contributed by atoms with Crippen molar-refractivity contribution in [3.63, 3.8) is 0 Å². The van der Waals surface area contributed by atoms with E-state index in [1.165, 1.54) is 0 Å². The van der Waals surface area contributed by atoms with Gasteiger partial charge in [-0.05, 0) is 7.05 Å². The molecule has 0 atom stereocenters. The van der Waals surface area contributed by atoms with E-state index < -0.39 is 7.14 Å². The zero-order chi connectivity index (χ0) is 10.0. The van der Waals surface area contributed by atoms with Gasteiger partial charge in [0.05, 0.1) is 0 Å². The van der Waals surface area contributed by atoms with Crippen LogP contribution in [-0.4, -0.2) is 37.4 Å². The van der Waals surface area contributed by atoms with Crippen LogP contribution in [0.1, 0.15) is 0 Å². The minimum atomic E-state index is -2.04. The van der Waals surface area contributed by atoms with E-state index in [1.807, 2.05) is 30.3 Å². The standard InChI is InChI=1S/C11H16NOP/c1-12-7-9-14(13,10-8-12)11-5-3-2-4-6-11/h2-6H,7-10H2,1H3. The molecule has 1 aliphatic heterocycles. The van der Waals surface area contributed by atoms with Gasteiger partial charge in [0.15, 0.2) is 0 Å². The molecule has 0 aliphatic carbocycles. The van der Waals surface area contributed by atoms with Crippen molar-refractivity contribution in [1.29, 1.82) is 0 Å². The summed E-state index contributed by atoms with van der Waals surface area (Å²) >= 11 is 0. The summed E-state index contributed by atoms with van der Waals surface area (Å²) in [6, 6.07) is 9.95. The van der Waals surface area contributed by atoms with Gasteiger partial charge in [0, 0.05) is 30.7 Å². The van der Waals surface area contributed by atoms with Gasteiger partial charge in [-0.15, -0.1) is 0 Å². The van der Waals surface area contributed by atoms with Gasteiger partial charge in [0.25, 0.3) is 0 Å². The van der Waals surface area contributed by atoms with Gasteiger partial charge in [0.2, 0.25) is 0 Å². The lowest BCUT2D eigenvalue weighted by molar-refractivity contribution is 0.361. The zero-order valence-electron chi connectivity index (χ0n) is 8.52. The molecule has 2 rings (SSSR count). The fourth-order valence-corrected chi connectivity index (χ4v) is 4.63. The molecule has 0 amide bonds. The average molecular weight is 209 g/mol. The number of hydrogen-bond donors (Lipinski definition) is 0. The second-order valence-corrected chi connectivity index (χ2v) is 7.16. The highest BCUT2D eigenvalue weighted by Crippen LogP contribution is 2.45. The van der Waals surface area contributed by atoms with Crippen LogP contribution >= 0.6 is 7.14 Å². The molecule has 1 heterocycles. The molecule has 1 saturated heterocycles. The van der Waals surface area contributed by atoms with E-state index >= 15 is 0 Å². The third-order valence-corrected chi connectivity index (χ3v) is 6.00. The summed E-state index contributed by atoms with van der Waals surface area (Å²) in [5, 5.41) is 1.06. The number of nitrogens with zero attached hydrogens (tertiary/aromatic N) is 1. The highest BCUT2D eigenvalue weighted by Gasteiger charge is 2.28. The minimum absolute atomic E-state index is 0.841. The molecule has 0 saturated carbocycles. The molecule has 0 spiro atoms. The molecule has 76 valence electrons. The second-order valence-electron chi connectivity index (χ2n) is 3.98. The highest BCUT2D eigenvalue weighted by atomic mass is 31.2. The predicted molar refractivity (Wildman–Crippen MR) is 60.9 cm³/mol. The lowest BCUT2D eigenvalue weighted by Gasteiger charge is -2.29. The largest absolute Gasteiger partial charge is 0.319 e. The van der Waals surface area contributed by atoms with Crippen LogP contribution in [0, 0.1) is 0 Å². The lowest BCUT2D eigenvalue weighted by Crippen LogP contribution is -2.33. The summed E-state index contributed by atoms with van der Waals surface area (Å²) in [6.45, 7) is 1.93. The first-order valence-corrected chi connectivity index (χ1v) is 7.11. The van der Waals surface area contributed by atoms with Crippen molar-refractivity contribution in [3.05, 3.63) is 30.3 Å². The van der Waals surface area contributed by atoms with Crippen molar-refractivity contribution < 1.29 is 4.57 Å². The molecule has 1 aliphatic rings. The third-order valence-electron chi connectivity index (χ3n) is 2.91. The SMILES string of the molecule is CN1CCP(=O)(c2ccccc2)CC1. The normalized spacial score (nSPS) is 22.1. The molecule has 1 aromatic rings. The smallest absolute Gasteiger partial charge is 0.118 e. The van der Waals surface area contributed by atoms with Gasteiger partial charge >= 0.3 is 0 Å². The quantitative estimate of drug-likeness (QED) is 0.655. The van der Waals surface area contributed by atoms with E-state index in [0.29, 0.717) is 0 Å². The highest BCUT2D eigenvalue weighted by molar-refractivity contribution is 7.71. The van der Waals surface area contributed by atoms with Crippen molar-refractivity contribution in [2.45, 2.75) is 0 Å². The Hall–Kier alpha value is -0.590. The van der Waals surface area contributed by atoms with Gasteiger partial charge in [-0.2, -0.15) is 0 Å². The molecule has 0 bridgehead atoms. The fraction of sp³-hybridized carbons (Fsp3) is 0.455. The molecule has 1 fully saturated rings. The molecule has 0 N–H and O–H groups in total. The van der Waals surface area contributed by atoms with E-state index in [2.05, 4.69) is 11.9 Å². The van der Waals surface area contributed by atoms with Crippen LogP contribution in [0.4, 0.5) is 0 Å². The number of hydrogen-bond acceptors (Lipinski definition) is 2. The summed E-state index contributed by atoms with van der Waals surface area (Å²) in [5.41, 5.74) is 0. The van der Waals surface area contributed by atoms with Crippen molar-refractivity contribution in [1.82, 2.24) is 4.90 Å². The molecule has 1 aromatic carbocycles. The monoisotopic (exact) mass is 209 g/mol. The van der Waals surface area contributed by atoms with Crippen LogP contribution < -0.4 is 5.30 Å². The summed E-state index contributed by atoms with van der Waals surface area (Å²) in [4.78, 5) is 2.25. The maximum absolute atomic E-state index is 12.6. The van der Waals surface area contributed by atoms with Gasteiger partial charge in [-0.1, -0.05) is 30.3 Å². The Morgan fingerprint density at radius 1 is 1.14 bits per heavy atom. The summed E-state index contributed by atoms with van der Waals surface area (Å²) in [7, 11) is 0.0469.